The number of carbonyl (C=O) groups excluding carboxylic acids is 1. The Balaban J connectivity index is 1.55. The molecule has 0 spiro atoms. The summed E-state index contributed by atoms with van der Waals surface area (Å²) < 4.78 is 1.76. The Hall–Kier alpha value is -1.91. The fourth-order valence-corrected chi connectivity index (χ4v) is 5.29. The lowest BCUT2D eigenvalue weighted by molar-refractivity contribution is -0.128. The van der Waals surface area contributed by atoms with Gasteiger partial charge in [0.1, 0.15) is 0 Å². The van der Waals surface area contributed by atoms with E-state index in [0.717, 1.165) is 17.1 Å². The van der Waals surface area contributed by atoms with Gasteiger partial charge < -0.3 is 5.32 Å². The Morgan fingerprint density at radius 1 is 1.35 bits per heavy atom. The van der Waals surface area contributed by atoms with Gasteiger partial charge in [0.2, 0.25) is 5.91 Å². The molecule has 0 aliphatic heterocycles. The monoisotopic (exact) mass is 354 g/mol. The second-order valence-electron chi connectivity index (χ2n) is 9.81. The highest BCUT2D eigenvalue weighted by molar-refractivity contribution is 5.92. The molecule has 140 valence electrons. The van der Waals surface area contributed by atoms with Crippen molar-refractivity contribution in [2.75, 3.05) is 5.32 Å². The number of hydrogen-bond acceptors (Lipinski definition) is 3. The second kappa shape index (κ2) is 5.80. The van der Waals surface area contributed by atoms with Crippen LogP contribution in [0.4, 0.5) is 5.82 Å². The Bertz CT molecular complexity index is 843. The molecule has 1 amide bonds. The van der Waals surface area contributed by atoms with Crippen molar-refractivity contribution in [3.63, 3.8) is 0 Å². The molecule has 0 unspecified atom stereocenters. The predicted molar refractivity (Wildman–Crippen MR) is 103 cm³/mol. The van der Waals surface area contributed by atoms with Gasteiger partial charge in [0.25, 0.3) is 0 Å². The standard InChI is InChI=1S/C21H30N4O/c1-20(2,3)17-18(24-25-10-6-9-22-19(17)25)23-16(26)11-13-7-8-14-12-15(13)21(14,4)5/h6,9-10,13-15H,7-8,11-12H2,1-5H3,(H,23,24,26)/t13-,14-,15+/m0/s1. The second-order valence-corrected chi connectivity index (χ2v) is 9.81. The summed E-state index contributed by atoms with van der Waals surface area (Å²) in [6, 6.07) is 1.86. The van der Waals surface area contributed by atoms with E-state index in [1.165, 1.54) is 19.3 Å². The zero-order valence-electron chi connectivity index (χ0n) is 16.5. The molecule has 1 N–H and O–H groups in total. The fourth-order valence-electron chi connectivity index (χ4n) is 5.29. The van der Waals surface area contributed by atoms with Crippen molar-refractivity contribution in [3.05, 3.63) is 24.0 Å². The van der Waals surface area contributed by atoms with Gasteiger partial charge in [-0.05, 0) is 53.9 Å². The minimum Gasteiger partial charge on any atom is -0.309 e. The number of nitrogens with one attached hydrogen (secondary N) is 1. The van der Waals surface area contributed by atoms with Gasteiger partial charge in [-0.2, -0.15) is 0 Å². The van der Waals surface area contributed by atoms with Crippen LogP contribution in [0.1, 0.15) is 65.9 Å². The van der Waals surface area contributed by atoms with Crippen molar-refractivity contribution in [1.82, 2.24) is 14.6 Å². The zero-order valence-corrected chi connectivity index (χ0v) is 16.5. The number of nitrogens with zero attached hydrogens (tertiary/aromatic N) is 3. The Morgan fingerprint density at radius 3 is 2.77 bits per heavy atom. The first-order valence-electron chi connectivity index (χ1n) is 9.81. The first kappa shape index (κ1) is 17.5. The van der Waals surface area contributed by atoms with E-state index in [9.17, 15) is 4.79 Å². The molecule has 0 radical (unpaired) electrons. The Morgan fingerprint density at radius 2 is 2.12 bits per heavy atom. The average molecular weight is 354 g/mol. The van der Waals surface area contributed by atoms with Crippen molar-refractivity contribution in [2.24, 2.45) is 23.2 Å². The number of hydrogen-bond donors (Lipinski definition) is 1. The number of rotatable bonds is 3. The molecular formula is C21H30N4O. The summed E-state index contributed by atoms with van der Waals surface area (Å²) in [5, 5.41) is 7.70. The van der Waals surface area contributed by atoms with Crippen LogP contribution in [0, 0.1) is 23.2 Å². The van der Waals surface area contributed by atoms with Gasteiger partial charge in [0.15, 0.2) is 11.5 Å². The summed E-state index contributed by atoms with van der Waals surface area (Å²) in [4.78, 5) is 17.3. The van der Waals surface area contributed by atoms with E-state index in [0.29, 0.717) is 29.5 Å². The van der Waals surface area contributed by atoms with Gasteiger partial charge in [-0.3, -0.25) is 4.79 Å². The van der Waals surface area contributed by atoms with E-state index < -0.39 is 0 Å². The third-order valence-electron chi connectivity index (χ3n) is 6.85. The minimum atomic E-state index is -0.146. The maximum atomic E-state index is 12.8. The summed E-state index contributed by atoms with van der Waals surface area (Å²) in [5.41, 5.74) is 2.08. The van der Waals surface area contributed by atoms with Gasteiger partial charge in [0, 0.05) is 24.4 Å². The molecule has 2 aromatic rings. The van der Waals surface area contributed by atoms with E-state index in [1.54, 1.807) is 10.7 Å². The Kier molecular flexibility index (Phi) is 3.90. The van der Waals surface area contributed by atoms with E-state index in [4.69, 9.17) is 0 Å². The Labute approximate surface area is 155 Å². The highest BCUT2D eigenvalue weighted by Gasteiger charge is 2.54. The molecule has 0 saturated heterocycles. The molecular weight excluding hydrogens is 324 g/mol. The molecule has 5 nitrogen and oxygen atoms in total. The maximum absolute atomic E-state index is 12.8. The number of carbonyl (C=O) groups is 1. The molecule has 5 rings (SSSR count). The van der Waals surface area contributed by atoms with Crippen LogP contribution in [-0.4, -0.2) is 20.5 Å². The molecule has 0 aromatic carbocycles. The molecule has 2 bridgehead atoms. The minimum absolute atomic E-state index is 0.0880. The topological polar surface area (TPSA) is 59.3 Å². The van der Waals surface area contributed by atoms with Gasteiger partial charge >= 0.3 is 0 Å². The predicted octanol–water partition coefficient (Wildman–Crippen LogP) is 4.43. The summed E-state index contributed by atoms with van der Waals surface area (Å²) in [6.07, 6.45) is 8.01. The first-order valence-corrected chi connectivity index (χ1v) is 9.81. The zero-order chi connectivity index (χ0) is 18.7. The van der Waals surface area contributed by atoms with Gasteiger partial charge in [-0.25, -0.2) is 9.50 Å². The molecule has 2 aromatic heterocycles. The van der Waals surface area contributed by atoms with Gasteiger partial charge in [-0.15, -0.1) is 5.10 Å². The third-order valence-corrected chi connectivity index (χ3v) is 6.85. The van der Waals surface area contributed by atoms with Gasteiger partial charge in [-0.1, -0.05) is 34.6 Å². The maximum Gasteiger partial charge on any atom is 0.225 e. The van der Waals surface area contributed by atoms with Crippen molar-refractivity contribution in [2.45, 2.75) is 65.7 Å². The van der Waals surface area contributed by atoms with E-state index in [-0.39, 0.29) is 11.3 Å². The van der Waals surface area contributed by atoms with E-state index in [2.05, 4.69) is 50.0 Å². The molecule has 3 saturated carbocycles. The summed E-state index contributed by atoms with van der Waals surface area (Å²) in [7, 11) is 0. The number of fused-ring (bicyclic) bond motifs is 3. The third kappa shape index (κ3) is 2.72. The smallest absolute Gasteiger partial charge is 0.225 e. The lowest BCUT2D eigenvalue weighted by atomic mass is 9.45. The van der Waals surface area contributed by atoms with Crippen LogP contribution in [0.25, 0.3) is 5.65 Å². The van der Waals surface area contributed by atoms with E-state index in [1.807, 2.05) is 12.3 Å². The largest absolute Gasteiger partial charge is 0.309 e. The number of amides is 1. The van der Waals surface area contributed by atoms with Crippen molar-refractivity contribution in [1.29, 1.82) is 0 Å². The fraction of sp³-hybridized carbons (Fsp3) is 0.667. The summed E-state index contributed by atoms with van der Waals surface area (Å²) in [6.45, 7) is 11.1. The van der Waals surface area contributed by atoms with Gasteiger partial charge in [0.05, 0.1) is 0 Å². The number of aromatic nitrogens is 3. The molecule has 2 heterocycles. The summed E-state index contributed by atoms with van der Waals surface area (Å²) in [5.74, 6) is 2.80. The van der Waals surface area contributed by atoms with Crippen LogP contribution in [0.3, 0.4) is 0 Å². The molecule has 26 heavy (non-hydrogen) atoms. The number of anilines is 1. The highest BCUT2D eigenvalue weighted by atomic mass is 16.1. The van der Waals surface area contributed by atoms with Crippen LogP contribution in [0.15, 0.2) is 18.5 Å². The lowest BCUT2D eigenvalue weighted by Crippen LogP contribution is -2.52. The average Bonchev–Trinajstić information content (AvgIpc) is 2.92. The van der Waals surface area contributed by atoms with Crippen LogP contribution in [-0.2, 0) is 10.2 Å². The van der Waals surface area contributed by atoms with E-state index >= 15 is 0 Å². The van der Waals surface area contributed by atoms with Crippen molar-refractivity contribution in [3.8, 4) is 0 Å². The molecule has 3 aliphatic rings. The summed E-state index contributed by atoms with van der Waals surface area (Å²) >= 11 is 0. The lowest BCUT2D eigenvalue weighted by Gasteiger charge is -2.60. The van der Waals surface area contributed by atoms with Crippen molar-refractivity contribution < 1.29 is 4.79 Å². The quantitative estimate of drug-likeness (QED) is 0.887. The van der Waals surface area contributed by atoms with Crippen molar-refractivity contribution >= 4 is 17.4 Å². The molecule has 5 heteroatoms. The molecule has 3 atom stereocenters. The molecule has 3 aliphatic carbocycles. The molecule has 3 fully saturated rings. The van der Waals surface area contributed by atoms with Crippen LogP contribution in [0.2, 0.25) is 0 Å². The van der Waals surface area contributed by atoms with Crippen LogP contribution >= 0.6 is 0 Å². The SMILES string of the molecule is CC(C)(C)c1c(NC(=O)C[C@@H]2CC[C@H]3C[C@H]2C3(C)C)nn2cccnc12. The first-order chi connectivity index (χ1) is 12.2. The van der Waals surface area contributed by atoms with Crippen LogP contribution in [0.5, 0.6) is 0 Å². The highest BCUT2D eigenvalue weighted by Crippen LogP contribution is 2.62. The normalized spacial score (nSPS) is 27.2. The van der Waals surface area contributed by atoms with Crippen LogP contribution < -0.4 is 5.32 Å².